The standard InChI is InChI=1S/2CHNS.Au.3Na.3H/c2*2-1-3;;;;;;;/h2*3H;;;;;;;/q;;;3*+1;3*-1. The molecule has 0 aliphatic rings. The molecular weight excluding hydrogens is 382 g/mol. The van der Waals surface area contributed by atoms with Crippen molar-refractivity contribution in [3.8, 4) is 10.8 Å². The van der Waals surface area contributed by atoms with Gasteiger partial charge in [-0.15, -0.1) is 0 Å². The molecule has 0 heterocycles. The summed E-state index contributed by atoms with van der Waals surface area (Å²) in [5, 5.41) is 17.3. The van der Waals surface area contributed by atoms with Crippen molar-refractivity contribution in [2.75, 3.05) is 0 Å². The molecule has 0 aliphatic carbocycles. The third-order valence-corrected chi connectivity index (χ3v) is 0. The molecule has 10 heavy (non-hydrogen) atoms. The summed E-state index contributed by atoms with van der Waals surface area (Å²) < 4.78 is 0. The predicted molar refractivity (Wildman–Crippen MR) is 32.5 cm³/mol. The monoisotopic (exact) mass is 387 g/mol. The summed E-state index contributed by atoms with van der Waals surface area (Å²) in [6, 6.07) is 0. The summed E-state index contributed by atoms with van der Waals surface area (Å²) in [7, 11) is 0. The van der Waals surface area contributed by atoms with Gasteiger partial charge in [0, 0.05) is 22.4 Å². The molecule has 0 bridgehead atoms. The molecular formula is C2H5AuN2Na3S2. The number of nitriles is 2. The van der Waals surface area contributed by atoms with Gasteiger partial charge in [-0.2, -0.15) is 10.5 Å². The molecule has 0 aromatic heterocycles. The summed E-state index contributed by atoms with van der Waals surface area (Å²) in [6.45, 7) is 0. The van der Waals surface area contributed by atoms with Gasteiger partial charge in [-0.1, -0.05) is 25.3 Å². The van der Waals surface area contributed by atoms with E-state index in [0.29, 0.717) is 0 Å². The average Bonchev–Trinajstić information content (AvgIpc) is 1.39. The molecule has 2 nitrogen and oxygen atoms in total. The van der Waals surface area contributed by atoms with Gasteiger partial charge in [0.1, 0.15) is 10.8 Å². The maximum absolute atomic E-state index is 7.18. The van der Waals surface area contributed by atoms with Crippen LogP contribution in [0.3, 0.4) is 0 Å². The zero-order valence-electron chi connectivity index (χ0n) is 9.09. The Hall–Kier alpha value is 3.42. The van der Waals surface area contributed by atoms with Gasteiger partial charge in [-0.3, -0.25) is 0 Å². The molecule has 49 valence electrons. The fraction of sp³-hybridized carbons (Fsp3) is 0. The number of hydrogen-bond donors (Lipinski definition) is 2. The third kappa shape index (κ3) is 106. The Bertz CT molecular complexity index is 87.6. The molecule has 0 aliphatic heterocycles. The zero-order valence-corrected chi connectivity index (χ0v) is 16.0. The Labute approximate surface area is 159 Å². The Morgan fingerprint density at radius 1 is 0.900 bits per heavy atom. The van der Waals surface area contributed by atoms with Crippen molar-refractivity contribution >= 4 is 25.3 Å². The van der Waals surface area contributed by atoms with Crippen LogP contribution in [0.25, 0.3) is 0 Å². The topological polar surface area (TPSA) is 47.6 Å². The van der Waals surface area contributed by atoms with E-state index in [4.69, 9.17) is 10.5 Å². The van der Waals surface area contributed by atoms with E-state index in [0.717, 1.165) is 0 Å². The van der Waals surface area contributed by atoms with Crippen LogP contribution < -0.4 is 88.7 Å². The van der Waals surface area contributed by atoms with E-state index in [9.17, 15) is 0 Å². The minimum absolute atomic E-state index is 0. The van der Waals surface area contributed by atoms with Crippen LogP contribution in [0.1, 0.15) is 4.28 Å². The second-order valence-corrected chi connectivity index (χ2v) is 0.600. The predicted octanol–water partition coefficient (Wildman–Crippen LogP) is -7.86. The Kier molecular flexibility index (Phi) is 207. The minimum atomic E-state index is 0. The van der Waals surface area contributed by atoms with Crippen molar-refractivity contribution in [2.45, 2.75) is 0 Å². The van der Waals surface area contributed by atoms with Crippen molar-refractivity contribution in [3.63, 3.8) is 0 Å². The van der Waals surface area contributed by atoms with Crippen molar-refractivity contribution in [1.82, 2.24) is 0 Å². The van der Waals surface area contributed by atoms with Gasteiger partial charge in [0.15, 0.2) is 0 Å². The molecule has 0 N–H and O–H groups in total. The largest absolute Gasteiger partial charge is 1.00 e. The molecule has 0 rings (SSSR count). The van der Waals surface area contributed by atoms with Crippen LogP contribution in [0.4, 0.5) is 0 Å². The molecule has 0 atom stereocenters. The molecule has 0 amide bonds. The maximum atomic E-state index is 7.18. The fourth-order valence-electron chi connectivity index (χ4n) is 0. The summed E-state index contributed by atoms with van der Waals surface area (Å²) in [6.07, 6.45) is 0. The van der Waals surface area contributed by atoms with E-state index in [1.54, 1.807) is 0 Å². The Morgan fingerprint density at radius 2 is 0.900 bits per heavy atom. The van der Waals surface area contributed by atoms with E-state index >= 15 is 0 Å². The van der Waals surface area contributed by atoms with Crippen LogP contribution in [0, 0.1) is 21.3 Å². The van der Waals surface area contributed by atoms with E-state index in [1.165, 1.54) is 10.8 Å². The van der Waals surface area contributed by atoms with Gasteiger partial charge < -0.3 is 4.28 Å². The first-order valence-corrected chi connectivity index (χ1v) is 1.79. The van der Waals surface area contributed by atoms with E-state index in [1.807, 2.05) is 0 Å². The number of nitrogens with zero attached hydrogens (tertiary/aromatic N) is 2. The van der Waals surface area contributed by atoms with Crippen molar-refractivity contribution in [2.24, 2.45) is 0 Å². The summed E-state index contributed by atoms with van der Waals surface area (Å²) >= 11 is 6.19. The quantitative estimate of drug-likeness (QED) is 0.247. The first kappa shape index (κ1) is 37.6. The smallest absolute Gasteiger partial charge is 1.00 e. The molecule has 0 saturated heterocycles. The summed E-state index contributed by atoms with van der Waals surface area (Å²) in [5.41, 5.74) is 0. The second-order valence-electron chi connectivity index (χ2n) is 0.200. The van der Waals surface area contributed by atoms with E-state index < -0.39 is 0 Å². The van der Waals surface area contributed by atoms with Crippen LogP contribution >= 0.6 is 25.3 Å². The molecule has 8 heteroatoms. The average molecular weight is 387 g/mol. The van der Waals surface area contributed by atoms with E-state index in [2.05, 4.69) is 25.3 Å². The van der Waals surface area contributed by atoms with Crippen molar-refractivity contribution in [1.29, 1.82) is 10.5 Å². The van der Waals surface area contributed by atoms with Gasteiger partial charge in [-0.25, -0.2) is 0 Å². The van der Waals surface area contributed by atoms with Gasteiger partial charge in [-0.05, 0) is 0 Å². The first-order valence-electron chi connectivity index (χ1n) is 0.894. The number of thiocyanates is 2. The van der Waals surface area contributed by atoms with Crippen LogP contribution in [0.2, 0.25) is 0 Å². The molecule has 1 radical (unpaired) electrons. The number of rotatable bonds is 0. The number of thiol groups is 2. The van der Waals surface area contributed by atoms with Gasteiger partial charge in [0.05, 0.1) is 0 Å². The van der Waals surface area contributed by atoms with Gasteiger partial charge in [0.25, 0.3) is 0 Å². The zero-order chi connectivity index (χ0) is 5.41. The Morgan fingerprint density at radius 3 is 0.900 bits per heavy atom. The third-order valence-electron chi connectivity index (χ3n) is 0. The van der Waals surface area contributed by atoms with Crippen LogP contribution in [-0.4, -0.2) is 0 Å². The fourth-order valence-corrected chi connectivity index (χ4v) is 0. The SMILES string of the molecule is N#CS.N#CS.[Au].[H-].[H-].[H-].[Na+].[Na+].[Na+]. The van der Waals surface area contributed by atoms with Gasteiger partial charge in [0.2, 0.25) is 0 Å². The maximum Gasteiger partial charge on any atom is 1.00 e. The molecule has 0 spiro atoms. The number of hydrogen-bond acceptors (Lipinski definition) is 4. The summed E-state index contributed by atoms with van der Waals surface area (Å²) in [4.78, 5) is 0. The van der Waals surface area contributed by atoms with Crippen molar-refractivity contribution < 1.29 is 115 Å². The molecule has 0 aromatic rings. The molecule has 0 unspecified atom stereocenters. The van der Waals surface area contributed by atoms with E-state index in [-0.39, 0.29) is 115 Å². The van der Waals surface area contributed by atoms with Crippen molar-refractivity contribution in [3.05, 3.63) is 0 Å². The second kappa shape index (κ2) is 55.1. The normalized spacial score (nSPS) is 1.60. The van der Waals surface area contributed by atoms with Gasteiger partial charge >= 0.3 is 88.7 Å². The van der Waals surface area contributed by atoms with Crippen LogP contribution in [0.5, 0.6) is 0 Å². The first-order chi connectivity index (χ1) is 2.83. The summed E-state index contributed by atoms with van der Waals surface area (Å²) in [5.74, 6) is 0. The molecule has 0 fully saturated rings. The molecule has 0 aromatic carbocycles. The molecule has 0 saturated carbocycles. The minimum Gasteiger partial charge on any atom is -1.00 e. The van der Waals surface area contributed by atoms with Crippen LogP contribution in [-0.2, 0) is 22.4 Å². The Balaban J connectivity index is -0.00000000229. The van der Waals surface area contributed by atoms with Crippen LogP contribution in [0.15, 0.2) is 0 Å².